The second-order valence-corrected chi connectivity index (χ2v) is 7.63. The van der Waals surface area contributed by atoms with Gasteiger partial charge in [-0.3, -0.25) is 0 Å². The lowest BCUT2D eigenvalue weighted by atomic mass is 9.88. The minimum atomic E-state index is -2.98. The fraction of sp³-hybridized carbons (Fsp3) is 0.600. The highest BCUT2D eigenvalue weighted by atomic mass is 32.2. The summed E-state index contributed by atoms with van der Waals surface area (Å²) in [6.45, 7) is 2.08. The number of rotatable bonds is 6. The molecule has 1 aromatic carbocycles. The van der Waals surface area contributed by atoms with Gasteiger partial charge in [-0.05, 0) is 42.9 Å². The lowest BCUT2D eigenvalue weighted by molar-refractivity contribution is 0.334. The second kappa shape index (κ2) is 6.59. The highest BCUT2D eigenvalue weighted by molar-refractivity contribution is 7.91. The molecule has 1 aromatic rings. The Bertz CT molecular complexity index is 554. The van der Waals surface area contributed by atoms with Gasteiger partial charge in [0.2, 0.25) is 0 Å². The van der Waals surface area contributed by atoms with Crippen LogP contribution >= 0.6 is 0 Å². The Morgan fingerprint density at radius 3 is 2.90 bits per heavy atom. The van der Waals surface area contributed by atoms with Crippen LogP contribution < -0.4 is 10.5 Å². The number of hydrogen-bond donors (Lipinski definition) is 1. The van der Waals surface area contributed by atoms with E-state index in [-0.39, 0.29) is 24.2 Å². The minimum Gasteiger partial charge on any atom is -0.492 e. The van der Waals surface area contributed by atoms with Gasteiger partial charge >= 0.3 is 0 Å². The number of ether oxygens (including phenoxy) is 1. The van der Waals surface area contributed by atoms with Crippen LogP contribution in [0.2, 0.25) is 0 Å². The van der Waals surface area contributed by atoms with Gasteiger partial charge in [-0.2, -0.15) is 0 Å². The van der Waals surface area contributed by atoms with Crippen LogP contribution in [0, 0.1) is 0 Å². The number of nitrogens with two attached hydrogens (primary N) is 1. The molecule has 1 atom stereocenters. The predicted octanol–water partition coefficient (Wildman–Crippen LogP) is 2.23. The summed E-state index contributed by atoms with van der Waals surface area (Å²) < 4.78 is 29.0. The third-order valence-electron chi connectivity index (χ3n) is 3.68. The van der Waals surface area contributed by atoms with Crippen LogP contribution in [0.25, 0.3) is 0 Å². The zero-order valence-electron chi connectivity index (χ0n) is 12.0. The van der Waals surface area contributed by atoms with Crippen LogP contribution in [0.15, 0.2) is 18.2 Å². The maximum atomic E-state index is 11.7. The topological polar surface area (TPSA) is 69.4 Å². The van der Waals surface area contributed by atoms with E-state index < -0.39 is 9.84 Å². The fourth-order valence-electron chi connectivity index (χ4n) is 2.68. The van der Waals surface area contributed by atoms with E-state index >= 15 is 0 Å². The van der Waals surface area contributed by atoms with Gasteiger partial charge < -0.3 is 10.5 Å². The Morgan fingerprint density at radius 2 is 2.15 bits per heavy atom. The van der Waals surface area contributed by atoms with Crippen LogP contribution in [0.4, 0.5) is 0 Å². The standard InChI is InChI=1S/C15H23NO3S/c1-2-10-20(17,18)11-9-19-15-8-4-5-12-13(15)6-3-7-14(12)16/h4-5,8,14H,2-3,6-7,9-11,16H2,1H3. The Kier molecular flexibility index (Phi) is 5.05. The Balaban J connectivity index is 2.02. The minimum absolute atomic E-state index is 0.0751. The molecule has 0 bridgehead atoms. The number of benzene rings is 1. The Labute approximate surface area is 121 Å². The molecule has 5 heteroatoms. The highest BCUT2D eigenvalue weighted by Crippen LogP contribution is 2.33. The predicted molar refractivity (Wildman–Crippen MR) is 80.7 cm³/mol. The summed E-state index contributed by atoms with van der Waals surface area (Å²) in [5, 5.41) is 0. The molecule has 0 amide bonds. The van der Waals surface area contributed by atoms with E-state index in [9.17, 15) is 8.42 Å². The fourth-order valence-corrected chi connectivity index (χ4v) is 3.84. The quantitative estimate of drug-likeness (QED) is 0.874. The smallest absolute Gasteiger partial charge is 0.153 e. The van der Waals surface area contributed by atoms with Gasteiger partial charge in [-0.1, -0.05) is 19.1 Å². The first-order valence-electron chi connectivity index (χ1n) is 7.24. The maximum absolute atomic E-state index is 11.7. The zero-order valence-corrected chi connectivity index (χ0v) is 12.8. The summed E-state index contributed by atoms with van der Waals surface area (Å²) in [6.07, 6.45) is 3.67. The van der Waals surface area contributed by atoms with Crippen molar-refractivity contribution in [3.05, 3.63) is 29.3 Å². The van der Waals surface area contributed by atoms with Crippen molar-refractivity contribution in [2.24, 2.45) is 5.73 Å². The Morgan fingerprint density at radius 1 is 1.35 bits per heavy atom. The maximum Gasteiger partial charge on any atom is 0.153 e. The molecule has 0 radical (unpaired) electrons. The summed E-state index contributed by atoms with van der Waals surface area (Å²) in [5.41, 5.74) is 8.40. The highest BCUT2D eigenvalue weighted by Gasteiger charge is 2.20. The first-order chi connectivity index (χ1) is 9.53. The normalized spacial score (nSPS) is 18.6. The van der Waals surface area contributed by atoms with Crippen LogP contribution in [-0.4, -0.2) is 26.5 Å². The van der Waals surface area contributed by atoms with E-state index in [0.717, 1.165) is 36.1 Å². The molecule has 0 fully saturated rings. The molecule has 0 aliphatic heterocycles. The van der Waals surface area contributed by atoms with Crippen LogP contribution in [-0.2, 0) is 16.3 Å². The molecule has 2 rings (SSSR count). The summed E-state index contributed by atoms with van der Waals surface area (Å²) in [6, 6.07) is 5.95. The third kappa shape index (κ3) is 3.73. The van der Waals surface area contributed by atoms with Crippen molar-refractivity contribution in [2.75, 3.05) is 18.1 Å². The molecule has 0 heterocycles. The van der Waals surface area contributed by atoms with Crippen LogP contribution in [0.3, 0.4) is 0 Å². The van der Waals surface area contributed by atoms with Crippen molar-refractivity contribution in [3.63, 3.8) is 0 Å². The molecule has 0 saturated carbocycles. The van der Waals surface area contributed by atoms with Gasteiger partial charge in [0, 0.05) is 6.04 Å². The van der Waals surface area contributed by atoms with Crippen molar-refractivity contribution < 1.29 is 13.2 Å². The summed E-state index contributed by atoms with van der Waals surface area (Å²) in [5.74, 6) is 1.11. The van der Waals surface area contributed by atoms with E-state index in [1.807, 2.05) is 25.1 Å². The molecule has 0 saturated heterocycles. The van der Waals surface area contributed by atoms with Gasteiger partial charge in [0.25, 0.3) is 0 Å². The molecule has 112 valence electrons. The molecular weight excluding hydrogens is 274 g/mol. The van der Waals surface area contributed by atoms with Crippen LogP contribution in [0.5, 0.6) is 5.75 Å². The second-order valence-electron chi connectivity index (χ2n) is 5.32. The van der Waals surface area contributed by atoms with Gasteiger partial charge in [0.05, 0.1) is 11.5 Å². The van der Waals surface area contributed by atoms with Crippen molar-refractivity contribution in [2.45, 2.75) is 38.6 Å². The molecule has 1 aliphatic carbocycles. The average molecular weight is 297 g/mol. The van der Waals surface area contributed by atoms with Gasteiger partial charge in [0.1, 0.15) is 12.4 Å². The molecule has 0 spiro atoms. The van der Waals surface area contributed by atoms with Crippen molar-refractivity contribution in [1.82, 2.24) is 0 Å². The Hall–Kier alpha value is -1.07. The molecular formula is C15H23NO3S. The van der Waals surface area contributed by atoms with Crippen molar-refractivity contribution in [1.29, 1.82) is 0 Å². The zero-order chi connectivity index (χ0) is 14.6. The van der Waals surface area contributed by atoms with Crippen molar-refractivity contribution >= 4 is 9.84 Å². The largest absolute Gasteiger partial charge is 0.492 e. The number of hydrogen-bond acceptors (Lipinski definition) is 4. The third-order valence-corrected chi connectivity index (χ3v) is 5.50. The summed E-state index contributed by atoms with van der Waals surface area (Å²) >= 11 is 0. The lowest BCUT2D eigenvalue weighted by Crippen LogP contribution is -2.20. The number of sulfone groups is 1. The van der Waals surface area contributed by atoms with E-state index in [2.05, 4.69) is 0 Å². The number of fused-ring (bicyclic) bond motifs is 1. The van der Waals surface area contributed by atoms with Gasteiger partial charge in [-0.25, -0.2) is 8.42 Å². The first-order valence-corrected chi connectivity index (χ1v) is 9.06. The summed E-state index contributed by atoms with van der Waals surface area (Å²) in [7, 11) is -2.98. The lowest BCUT2D eigenvalue weighted by Gasteiger charge is -2.24. The molecule has 2 N–H and O–H groups in total. The van der Waals surface area contributed by atoms with E-state index in [1.165, 1.54) is 0 Å². The SMILES string of the molecule is CCCS(=O)(=O)CCOc1cccc2c1CCCC2N. The molecule has 4 nitrogen and oxygen atoms in total. The van der Waals surface area contributed by atoms with Crippen molar-refractivity contribution in [3.8, 4) is 5.75 Å². The molecule has 0 aromatic heterocycles. The van der Waals surface area contributed by atoms with E-state index in [0.29, 0.717) is 6.42 Å². The van der Waals surface area contributed by atoms with Gasteiger partial charge in [0.15, 0.2) is 9.84 Å². The molecule has 1 unspecified atom stereocenters. The van der Waals surface area contributed by atoms with E-state index in [1.54, 1.807) is 0 Å². The van der Waals surface area contributed by atoms with E-state index in [4.69, 9.17) is 10.5 Å². The summed E-state index contributed by atoms with van der Waals surface area (Å²) in [4.78, 5) is 0. The molecule has 20 heavy (non-hydrogen) atoms. The van der Waals surface area contributed by atoms with Gasteiger partial charge in [-0.15, -0.1) is 0 Å². The first kappa shape index (κ1) is 15.3. The molecule has 1 aliphatic rings. The monoisotopic (exact) mass is 297 g/mol. The van der Waals surface area contributed by atoms with Crippen LogP contribution in [0.1, 0.15) is 43.4 Å². The average Bonchev–Trinajstić information content (AvgIpc) is 2.39.